The minimum absolute atomic E-state index is 0.933. The average molecular weight is 356 g/mol. The van der Waals surface area contributed by atoms with Gasteiger partial charge in [0.25, 0.3) is 0 Å². The third-order valence-corrected chi connectivity index (χ3v) is 5.88. The molecule has 0 spiro atoms. The van der Waals surface area contributed by atoms with Gasteiger partial charge in [-0.25, -0.2) is 9.97 Å². The Labute approximate surface area is 152 Å². The zero-order chi connectivity index (χ0) is 17.2. The van der Waals surface area contributed by atoms with E-state index < -0.39 is 0 Å². The minimum Gasteiger partial charge on any atom is -0.348 e. The zero-order valence-electron chi connectivity index (χ0n) is 15.0. The van der Waals surface area contributed by atoms with Crippen LogP contribution in [0.3, 0.4) is 0 Å². The molecule has 3 heterocycles. The van der Waals surface area contributed by atoms with Crippen molar-refractivity contribution in [1.29, 1.82) is 0 Å². The normalized spacial score (nSPS) is 14.9. The molecule has 4 rings (SSSR count). The molecule has 1 aliphatic heterocycles. The number of imidazole rings is 1. The molecule has 0 atom stereocenters. The molecule has 25 heavy (non-hydrogen) atoms. The van der Waals surface area contributed by atoms with Crippen LogP contribution < -0.4 is 4.90 Å². The highest BCUT2D eigenvalue weighted by atomic mass is 32.1. The van der Waals surface area contributed by atoms with Crippen LogP contribution >= 0.6 is 11.3 Å². The maximum absolute atomic E-state index is 4.75. The van der Waals surface area contributed by atoms with Gasteiger partial charge in [0.15, 0.2) is 5.13 Å². The Kier molecular flexibility index (Phi) is 4.72. The van der Waals surface area contributed by atoms with Gasteiger partial charge < -0.3 is 14.8 Å². The largest absolute Gasteiger partial charge is 0.348 e. The standard InChI is InChI=1S/C19H25N5S/c1-14-6-5-7-16-18(14)22-17(21-16)8-11-23(2)13-15-12-20-19(25-15)24-9-3-4-10-24/h5-7,12H,3-4,8-11,13H2,1-2H3,(H,21,22). The van der Waals surface area contributed by atoms with E-state index in [0.29, 0.717) is 0 Å². The topological polar surface area (TPSA) is 48.1 Å². The number of aromatic nitrogens is 3. The lowest BCUT2D eigenvalue weighted by Crippen LogP contribution is -2.20. The number of H-pyrrole nitrogens is 1. The molecule has 6 heteroatoms. The van der Waals surface area contributed by atoms with E-state index in [1.807, 2.05) is 17.5 Å². The Morgan fingerprint density at radius 2 is 2.12 bits per heavy atom. The van der Waals surface area contributed by atoms with Crippen molar-refractivity contribution in [2.45, 2.75) is 32.7 Å². The highest BCUT2D eigenvalue weighted by Gasteiger charge is 2.16. The van der Waals surface area contributed by atoms with Gasteiger partial charge in [0, 0.05) is 43.7 Å². The SMILES string of the molecule is Cc1cccc2[nH]c(CCN(C)Cc3cnc(N4CCCC4)s3)nc12. The number of aryl methyl sites for hydroxylation is 1. The van der Waals surface area contributed by atoms with Gasteiger partial charge in [-0.15, -0.1) is 11.3 Å². The molecule has 0 amide bonds. The van der Waals surface area contributed by atoms with Gasteiger partial charge in [0.1, 0.15) is 5.82 Å². The lowest BCUT2D eigenvalue weighted by atomic mass is 10.2. The predicted octanol–water partition coefficient (Wildman–Crippen LogP) is 3.60. The molecule has 1 N–H and O–H groups in total. The summed E-state index contributed by atoms with van der Waals surface area (Å²) in [4.78, 5) is 18.9. The summed E-state index contributed by atoms with van der Waals surface area (Å²) >= 11 is 1.84. The van der Waals surface area contributed by atoms with Crippen LogP contribution in [0, 0.1) is 6.92 Å². The van der Waals surface area contributed by atoms with Crippen molar-refractivity contribution in [2.75, 3.05) is 31.6 Å². The van der Waals surface area contributed by atoms with Crippen molar-refractivity contribution in [3.63, 3.8) is 0 Å². The van der Waals surface area contributed by atoms with Gasteiger partial charge >= 0.3 is 0 Å². The van der Waals surface area contributed by atoms with E-state index in [2.05, 4.69) is 51.9 Å². The third-order valence-electron chi connectivity index (χ3n) is 4.84. The van der Waals surface area contributed by atoms with E-state index in [0.717, 1.165) is 49.5 Å². The van der Waals surface area contributed by atoms with Crippen molar-refractivity contribution in [3.05, 3.63) is 40.7 Å². The molecular formula is C19H25N5S. The molecule has 1 saturated heterocycles. The van der Waals surface area contributed by atoms with Crippen LogP contribution in [0.25, 0.3) is 11.0 Å². The van der Waals surface area contributed by atoms with E-state index in [-0.39, 0.29) is 0 Å². The molecule has 5 nitrogen and oxygen atoms in total. The third kappa shape index (κ3) is 3.70. The molecular weight excluding hydrogens is 330 g/mol. The van der Waals surface area contributed by atoms with Crippen LogP contribution in [0.15, 0.2) is 24.4 Å². The molecule has 1 aliphatic rings. The molecule has 3 aromatic rings. The maximum atomic E-state index is 4.75. The first-order valence-electron chi connectivity index (χ1n) is 9.01. The highest BCUT2D eigenvalue weighted by molar-refractivity contribution is 7.15. The first-order chi connectivity index (χ1) is 12.2. The number of nitrogens with zero attached hydrogens (tertiary/aromatic N) is 4. The number of para-hydroxylation sites is 1. The van der Waals surface area contributed by atoms with Crippen LogP contribution in [0.5, 0.6) is 0 Å². The van der Waals surface area contributed by atoms with Gasteiger partial charge in [-0.1, -0.05) is 12.1 Å². The number of hydrogen-bond donors (Lipinski definition) is 1. The van der Waals surface area contributed by atoms with Crippen molar-refractivity contribution in [2.24, 2.45) is 0 Å². The first kappa shape index (κ1) is 16.5. The van der Waals surface area contributed by atoms with Gasteiger partial charge in [-0.05, 0) is 38.4 Å². The highest BCUT2D eigenvalue weighted by Crippen LogP contribution is 2.26. The van der Waals surface area contributed by atoms with Crippen molar-refractivity contribution >= 4 is 27.5 Å². The van der Waals surface area contributed by atoms with Crippen molar-refractivity contribution < 1.29 is 0 Å². The molecule has 0 saturated carbocycles. The monoisotopic (exact) mass is 355 g/mol. The van der Waals surface area contributed by atoms with Crippen LogP contribution in [0.2, 0.25) is 0 Å². The number of anilines is 1. The number of likely N-dealkylation sites (N-methyl/N-ethyl adjacent to an activating group) is 1. The summed E-state index contributed by atoms with van der Waals surface area (Å²) in [5, 5.41) is 1.19. The fourth-order valence-electron chi connectivity index (χ4n) is 3.41. The van der Waals surface area contributed by atoms with Crippen LogP contribution in [-0.4, -0.2) is 46.5 Å². The smallest absolute Gasteiger partial charge is 0.185 e. The fraction of sp³-hybridized carbons (Fsp3) is 0.474. The second-order valence-corrected chi connectivity index (χ2v) is 8.04. The van der Waals surface area contributed by atoms with E-state index in [4.69, 9.17) is 4.98 Å². The van der Waals surface area contributed by atoms with Gasteiger partial charge in [-0.3, -0.25) is 0 Å². The molecule has 0 radical (unpaired) electrons. The average Bonchev–Trinajstić information content (AvgIpc) is 3.33. The first-order valence-corrected chi connectivity index (χ1v) is 9.83. The molecule has 0 unspecified atom stereocenters. The Balaban J connectivity index is 1.34. The van der Waals surface area contributed by atoms with E-state index in [9.17, 15) is 0 Å². The number of aromatic amines is 1. The van der Waals surface area contributed by atoms with E-state index in [1.54, 1.807) is 0 Å². The zero-order valence-corrected chi connectivity index (χ0v) is 15.8. The lowest BCUT2D eigenvalue weighted by Gasteiger charge is -2.15. The summed E-state index contributed by atoms with van der Waals surface area (Å²) in [5.41, 5.74) is 3.46. The summed E-state index contributed by atoms with van der Waals surface area (Å²) in [6.45, 7) is 6.37. The number of hydrogen-bond acceptors (Lipinski definition) is 5. The molecule has 2 aromatic heterocycles. The van der Waals surface area contributed by atoms with Gasteiger partial charge in [0.2, 0.25) is 0 Å². The Morgan fingerprint density at radius 3 is 2.92 bits per heavy atom. The van der Waals surface area contributed by atoms with Gasteiger partial charge in [0.05, 0.1) is 11.0 Å². The Morgan fingerprint density at radius 1 is 1.28 bits per heavy atom. The number of rotatable bonds is 6. The van der Waals surface area contributed by atoms with Crippen molar-refractivity contribution in [3.8, 4) is 0 Å². The number of thiazole rings is 1. The minimum atomic E-state index is 0.933. The number of nitrogens with one attached hydrogen (secondary N) is 1. The van der Waals surface area contributed by atoms with Crippen molar-refractivity contribution in [1.82, 2.24) is 19.9 Å². The van der Waals surface area contributed by atoms with E-state index >= 15 is 0 Å². The molecule has 1 fully saturated rings. The number of benzene rings is 1. The Bertz CT molecular complexity index is 846. The Hall–Kier alpha value is -1.92. The predicted molar refractivity (Wildman–Crippen MR) is 104 cm³/mol. The summed E-state index contributed by atoms with van der Waals surface area (Å²) in [6, 6.07) is 6.29. The molecule has 1 aromatic carbocycles. The van der Waals surface area contributed by atoms with Gasteiger partial charge in [-0.2, -0.15) is 0 Å². The van der Waals surface area contributed by atoms with Crippen LogP contribution in [-0.2, 0) is 13.0 Å². The number of fused-ring (bicyclic) bond motifs is 1. The second kappa shape index (κ2) is 7.14. The quantitative estimate of drug-likeness (QED) is 0.734. The summed E-state index contributed by atoms with van der Waals surface area (Å²) < 4.78 is 0. The molecule has 132 valence electrons. The molecule has 0 aliphatic carbocycles. The lowest BCUT2D eigenvalue weighted by molar-refractivity contribution is 0.332. The maximum Gasteiger partial charge on any atom is 0.185 e. The summed E-state index contributed by atoms with van der Waals surface area (Å²) in [5.74, 6) is 1.07. The van der Waals surface area contributed by atoms with Crippen LogP contribution in [0.4, 0.5) is 5.13 Å². The molecule has 0 bridgehead atoms. The summed E-state index contributed by atoms with van der Waals surface area (Å²) in [6.07, 6.45) is 5.57. The fourth-order valence-corrected chi connectivity index (χ4v) is 4.45. The summed E-state index contributed by atoms with van der Waals surface area (Å²) in [7, 11) is 2.17. The second-order valence-electron chi connectivity index (χ2n) is 6.95. The van der Waals surface area contributed by atoms with Crippen LogP contribution in [0.1, 0.15) is 29.1 Å². The van der Waals surface area contributed by atoms with E-state index in [1.165, 1.54) is 28.4 Å².